The smallest absolute Gasteiger partial charge is 0.352 e. The van der Waals surface area contributed by atoms with Crippen molar-refractivity contribution in [2.45, 2.75) is 33.3 Å². The third-order valence-corrected chi connectivity index (χ3v) is 4.01. The number of hydrogen-bond donors (Lipinski definition) is 3. The van der Waals surface area contributed by atoms with Crippen LogP contribution in [0, 0.1) is 19.8 Å². The molecule has 0 aromatic carbocycles. The molecule has 2 rings (SSSR count). The van der Waals surface area contributed by atoms with Crippen LogP contribution < -0.4 is 0 Å². The molecule has 110 valence electrons. The van der Waals surface area contributed by atoms with E-state index in [2.05, 4.69) is 4.98 Å². The number of aromatic carboxylic acids is 1. The van der Waals surface area contributed by atoms with Crippen LogP contribution in [0.15, 0.2) is 0 Å². The second-order valence-electron chi connectivity index (χ2n) is 5.51. The van der Waals surface area contributed by atoms with Crippen molar-refractivity contribution in [3.8, 4) is 0 Å². The van der Waals surface area contributed by atoms with Gasteiger partial charge in [-0.15, -0.1) is 0 Å². The molecule has 1 aromatic rings. The van der Waals surface area contributed by atoms with Crippen LogP contribution in [-0.2, 0) is 0 Å². The fourth-order valence-electron chi connectivity index (χ4n) is 2.76. The highest BCUT2D eigenvalue weighted by molar-refractivity contribution is 6.00. The number of aromatic nitrogens is 1. The van der Waals surface area contributed by atoms with E-state index in [1.54, 1.807) is 18.7 Å². The predicted octanol–water partition coefficient (Wildman–Crippen LogP) is 1.17. The quantitative estimate of drug-likeness (QED) is 0.758. The molecule has 0 radical (unpaired) electrons. The summed E-state index contributed by atoms with van der Waals surface area (Å²) in [4.78, 5) is 28.1. The highest BCUT2D eigenvalue weighted by Gasteiger charge is 2.30. The van der Waals surface area contributed by atoms with Gasteiger partial charge in [-0.05, 0) is 31.7 Å². The fraction of sp³-hybridized carbons (Fsp3) is 0.571. The topological polar surface area (TPSA) is 93.6 Å². The Balaban J connectivity index is 2.28. The van der Waals surface area contributed by atoms with Gasteiger partial charge in [-0.1, -0.05) is 6.92 Å². The van der Waals surface area contributed by atoms with Crippen LogP contribution in [-0.4, -0.2) is 51.2 Å². The van der Waals surface area contributed by atoms with Crippen molar-refractivity contribution in [1.29, 1.82) is 0 Å². The van der Waals surface area contributed by atoms with Crippen molar-refractivity contribution in [1.82, 2.24) is 9.88 Å². The second kappa shape index (κ2) is 5.28. The number of rotatable bonds is 2. The number of aryl methyl sites for hydroxylation is 1. The number of carbonyl (C=O) groups excluding carboxylic acids is 1. The Morgan fingerprint density at radius 2 is 2.00 bits per heavy atom. The van der Waals surface area contributed by atoms with Crippen molar-refractivity contribution in [3.63, 3.8) is 0 Å². The Kier molecular flexibility index (Phi) is 3.85. The molecule has 20 heavy (non-hydrogen) atoms. The summed E-state index contributed by atoms with van der Waals surface area (Å²) in [6.45, 7) is 6.24. The van der Waals surface area contributed by atoms with Gasteiger partial charge in [0.25, 0.3) is 5.91 Å². The number of aromatic amines is 1. The Morgan fingerprint density at radius 1 is 1.35 bits per heavy atom. The summed E-state index contributed by atoms with van der Waals surface area (Å²) in [7, 11) is 0. The van der Waals surface area contributed by atoms with E-state index in [0.717, 1.165) is 0 Å². The first-order valence-electron chi connectivity index (χ1n) is 6.72. The molecule has 3 N–H and O–H groups in total. The minimum absolute atomic E-state index is 0.0335. The van der Waals surface area contributed by atoms with Gasteiger partial charge >= 0.3 is 5.97 Å². The van der Waals surface area contributed by atoms with Crippen molar-refractivity contribution < 1.29 is 19.8 Å². The lowest BCUT2D eigenvalue weighted by Crippen LogP contribution is -2.45. The van der Waals surface area contributed by atoms with Gasteiger partial charge in [0, 0.05) is 18.8 Å². The molecular formula is C14H20N2O4. The van der Waals surface area contributed by atoms with E-state index in [-0.39, 0.29) is 23.6 Å². The largest absolute Gasteiger partial charge is 0.477 e. The van der Waals surface area contributed by atoms with Crippen LogP contribution in [0.1, 0.15) is 45.4 Å². The number of nitrogens with zero attached hydrogens (tertiary/aromatic N) is 1. The summed E-state index contributed by atoms with van der Waals surface area (Å²) in [6.07, 6.45) is 0.184. The van der Waals surface area contributed by atoms with Gasteiger partial charge in [0.15, 0.2) is 0 Å². The van der Waals surface area contributed by atoms with Gasteiger partial charge in [0.05, 0.1) is 11.7 Å². The molecule has 1 aliphatic rings. The van der Waals surface area contributed by atoms with Crippen molar-refractivity contribution in [2.24, 2.45) is 5.92 Å². The lowest BCUT2D eigenvalue weighted by molar-refractivity contribution is 0.0297. The highest BCUT2D eigenvalue weighted by atomic mass is 16.4. The highest BCUT2D eigenvalue weighted by Crippen LogP contribution is 2.23. The molecule has 1 aromatic heterocycles. The lowest BCUT2D eigenvalue weighted by Gasteiger charge is -2.34. The average Bonchev–Trinajstić information content (AvgIpc) is 2.67. The maximum absolute atomic E-state index is 12.6. The van der Waals surface area contributed by atoms with E-state index in [1.807, 2.05) is 6.92 Å². The Bertz CT molecular complexity index is 550. The summed E-state index contributed by atoms with van der Waals surface area (Å²) in [6, 6.07) is 0. The number of aliphatic hydroxyl groups is 1. The number of nitrogens with one attached hydrogen (secondary N) is 1. The van der Waals surface area contributed by atoms with E-state index in [0.29, 0.717) is 36.3 Å². The van der Waals surface area contributed by atoms with E-state index in [9.17, 15) is 14.7 Å². The maximum atomic E-state index is 12.6. The van der Waals surface area contributed by atoms with Crippen LogP contribution in [0.2, 0.25) is 0 Å². The number of amides is 1. The summed E-state index contributed by atoms with van der Waals surface area (Å²) in [5.41, 5.74) is 1.55. The van der Waals surface area contributed by atoms with E-state index in [4.69, 9.17) is 5.11 Å². The van der Waals surface area contributed by atoms with Gasteiger partial charge in [-0.3, -0.25) is 4.79 Å². The fourth-order valence-corrected chi connectivity index (χ4v) is 2.76. The number of piperidine rings is 1. The normalized spacial score (nSPS) is 22.9. The Morgan fingerprint density at radius 3 is 2.50 bits per heavy atom. The first-order chi connectivity index (χ1) is 9.32. The number of likely N-dealkylation sites (tertiary alicyclic amines) is 1. The summed E-state index contributed by atoms with van der Waals surface area (Å²) in [5.74, 6) is -1.19. The number of carbonyl (C=O) groups is 2. The molecule has 2 atom stereocenters. The van der Waals surface area contributed by atoms with Crippen molar-refractivity contribution in [2.75, 3.05) is 13.1 Å². The van der Waals surface area contributed by atoms with Crippen molar-refractivity contribution in [3.05, 3.63) is 22.5 Å². The molecule has 1 fully saturated rings. The zero-order valence-electron chi connectivity index (χ0n) is 11.9. The van der Waals surface area contributed by atoms with Crippen molar-refractivity contribution >= 4 is 11.9 Å². The molecule has 0 bridgehead atoms. The molecule has 1 saturated heterocycles. The van der Waals surface area contributed by atoms with Crippen LogP contribution in [0.4, 0.5) is 0 Å². The van der Waals surface area contributed by atoms with Gasteiger partial charge in [-0.25, -0.2) is 4.79 Å². The molecule has 2 heterocycles. The van der Waals surface area contributed by atoms with E-state index >= 15 is 0 Å². The molecular weight excluding hydrogens is 260 g/mol. The van der Waals surface area contributed by atoms with E-state index in [1.165, 1.54) is 0 Å². The van der Waals surface area contributed by atoms with Crippen LogP contribution in [0.3, 0.4) is 0 Å². The number of carboxylic acids is 1. The number of H-pyrrole nitrogens is 1. The minimum Gasteiger partial charge on any atom is -0.477 e. The first kappa shape index (κ1) is 14.6. The molecule has 1 amide bonds. The zero-order chi connectivity index (χ0) is 15.0. The van der Waals surface area contributed by atoms with Gasteiger partial charge in [0.2, 0.25) is 0 Å². The monoisotopic (exact) mass is 280 g/mol. The Labute approximate surface area is 117 Å². The summed E-state index contributed by atoms with van der Waals surface area (Å²) >= 11 is 0. The first-order valence-corrected chi connectivity index (χ1v) is 6.72. The van der Waals surface area contributed by atoms with Gasteiger partial charge < -0.3 is 20.1 Å². The van der Waals surface area contributed by atoms with Gasteiger partial charge in [0.1, 0.15) is 5.69 Å². The molecule has 1 aliphatic heterocycles. The van der Waals surface area contributed by atoms with E-state index < -0.39 is 5.97 Å². The minimum atomic E-state index is -1.06. The second-order valence-corrected chi connectivity index (χ2v) is 5.51. The summed E-state index contributed by atoms with van der Waals surface area (Å²) in [5, 5.41) is 18.8. The zero-order valence-corrected chi connectivity index (χ0v) is 11.9. The molecule has 0 spiro atoms. The van der Waals surface area contributed by atoms with Gasteiger partial charge in [-0.2, -0.15) is 0 Å². The molecule has 6 heteroatoms. The number of hydrogen-bond acceptors (Lipinski definition) is 3. The predicted molar refractivity (Wildman–Crippen MR) is 72.9 cm³/mol. The van der Waals surface area contributed by atoms with Crippen LogP contribution in [0.5, 0.6) is 0 Å². The standard InChI is InChI=1S/C14H20N2O4/c1-7-6-16(5-4-10(7)17)13(18)11-8(2)12(14(19)20)15-9(11)3/h7,10,15,17H,4-6H2,1-3H3,(H,19,20). The molecule has 2 unspecified atom stereocenters. The summed E-state index contributed by atoms with van der Waals surface area (Å²) < 4.78 is 0. The molecule has 6 nitrogen and oxygen atoms in total. The third-order valence-electron chi connectivity index (χ3n) is 4.01. The average molecular weight is 280 g/mol. The lowest BCUT2D eigenvalue weighted by atomic mass is 9.96. The Hall–Kier alpha value is -1.82. The number of carboxylic acid groups (broad SMARTS) is 1. The molecule has 0 saturated carbocycles. The molecule has 0 aliphatic carbocycles. The third kappa shape index (κ3) is 2.43. The number of aliphatic hydroxyl groups excluding tert-OH is 1. The van der Waals surface area contributed by atoms with Crippen LogP contribution >= 0.6 is 0 Å². The maximum Gasteiger partial charge on any atom is 0.352 e. The SMILES string of the molecule is Cc1[nH]c(C(=O)O)c(C)c1C(=O)N1CCC(O)C(C)C1. The van der Waals surface area contributed by atoms with Crippen LogP contribution in [0.25, 0.3) is 0 Å².